The van der Waals surface area contributed by atoms with Gasteiger partial charge in [-0.2, -0.15) is 0 Å². The maximum absolute atomic E-state index is 6.84. The van der Waals surface area contributed by atoms with E-state index in [1.54, 1.807) is 0 Å². The van der Waals surface area contributed by atoms with Crippen molar-refractivity contribution >= 4 is 10.9 Å². The van der Waals surface area contributed by atoms with Crippen LogP contribution in [-0.2, 0) is 13.6 Å². The summed E-state index contributed by atoms with van der Waals surface area (Å²) in [7, 11) is 2.01. The van der Waals surface area contributed by atoms with Crippen LogP contribution in [-0.4, -0.2) is 4.57 Å². The van der Waals surface area contributed by atoms with Crippen LogP contribution in [0.25, 0.3) is 15.7 Å². The van der Waals surface area contributed by atoms with E-state index in [0.717, 1.165) is 5.56 Å². The van der Waals surface area contributed by atoms with E-state index in [1.807, 2.05) is 25.4 Å². The van der Waals surface area contributed by atoms with Crippen molar-refractivity contribution in [2.24, 2.45) is 7.05 Å². The lowest BCUT2D eigenvalue weighted by Crippen LogP contribution is -1.81. The Morgan fingerprint density at radius 1 is 1.38 bits per heavy atom. The number of aromatic nitrogens is 1. The van der Waals surface area contributed by atoms with Crippen LogP contribution in [0.1, 0.15) is 5.56 Å². The molecule has 0 atom stereocenters. The Kier molecular flexibility index (Phi) is 1.79. The van der Waals surface area contributed by atoms with Gasteiger partial charge in [0, 0.05) is 24.1 Å². The van der Waals surface area contributed by atoms with Crippen molar-refractivity contribution in [1.29, 1.82) is 0 Å². The second-order valence-electron chi connectivity index (χ2n) is 3.10. The van der Waals surface area contributed by atoms with E-state index in [0.29, 0.717) is 6.54 Å². The first-order valence-corrected chi connectivity index (χ1v) is 4.19. The van der Waals surface area contributed by atoms with Crippen molar-refractivity contribution in [2.75, 3.05) is 0 Å². The first kappa shape index (κ1) is 7.88. The Labute approximate surface area is 77.2 Å². The van der Waals surface area contributed by atoms with Crippen LogP contribution >= 0.6 is 0 Å². The Hall–Kier alpha value is -1.75. The van der Waals surface area contributed by atoms with Crippen molar-refractivity contribution in [3.63, 3.8) is 0 Å². The van der Waals surface area contributed by atoms with E-state index < -0.39 is 0 Å². The van der Waals surface area contributed by atoms with Crippen LogP contribution in [0.15, 0.2) is 30.5 Å². The fraction of sp³-hybridized carbons (Fsp3) is 0.182. The number of rotatable bonds is 1. The molecule has 2 nitrogen and oxygen atoms in total. The van der Waals surface area contributed by atoms with Crippen LogP contribution in [0.2, 0.25) is 0 Å². The summed E-state index contributed by atoms with van der Waals surface area (Å²) in [5, 5.41) is 1.20. The number of para-hydroxylation sites is 1. The van der Waals surface area contributed by atoms with E-state index in [4.69, 9.17) is 6.57 Å². The van der Waals surface area contributed by atoms with Crippen molar-refractivity contribution < 1.29 is 0 Å². The van der Waals surface area contributed by atoms with E-state index >= 15 is 0 Å². The van der Waals surface area contributed by atoms with Gasteiger partial charge >= 0.3 is 0 Å². The highest BCUT2D eigenvalue weighted by Gasteiger charge is 2.06. The molecule has 0 aliphatic heterocycles. The smallest absolute Gasteiger partial charge is 0.241 e. The molecule has 2 rings (SSSR count). The average Bonchev–Trinajstić information content (AvgIpc) is 2.46. The van der Waals surface area contributed by atoms with Crippen LogP contribution in [0.5, 0.6) is 0 Å². The quantitative estimate of drug-likeness (QED) is 0.582. The van der Waals surface area contributed by atoms with Crippen molar-refractivity contribution in [3.05, 3.63) is 47.4 Å². The molecule has 1 aromatic carbocycles. The molecule has 0 bridgehead atoms. The molecule has 0 N–H and O–H groups in total. The average molecular weight is 170 g/mol. The number of nitrogens with zero attached hydrogens (tertiary/aromatic N) is 2. The standard InChI is InChI=1S/C11H10N2/c1-12-7-9-8-13(2)11-6-4-3-5-10(9)11/h3-6,8H,7H2,2H3. The van der Waals surface area contributed by atoms with Gasteiger partial charge in [-0.3, -0.25) is 0 Å². The fourth-order valence-corrected chi connectivity index (χ4v) is 1.64. The van der Waals surface area contributed by atoms with Gasteiger partial charge in [0.15, 0.2) is 0 Å². The van der Waals surface area contributed by atoms with E-state index in [-0.39, 0.29) is 0 Å². The highest BCUT2D eigenvalue weighted by atomic mass is 14.9. The number of aryl methyl sites for hydroxylation is 1. The molecule has 0 unspecified atom stereocenters. The molecule has 13 heavy (non-hydrogen) atoms. The highest BCUT2D eigenvalue weighted by Crippen LogP contribution is 2.20. The summed E-state index contributed by atoms with van der Waals surface area (Å²) >= 11 is 0. The lowest BCUT2D eigenvalue weighted by Gasteiger charge is -1.92. The summed E-state index contributed by atoms with van der Waals surface area (Å²) in [4.78, 5) is 3.41. The zero-order valence-corrected chi connectivity index (χ0v) is 7.49. The summed E-state index contributed by atoms with van der Waals surface area (Å²) in [6.45, 7) is 7.31. The van der Waals surface area contributed by atoms with Crippen LogP contribution in [0, 0.1) is 6.57 Å². The molecule has 0 saturated carbocycles. The summed E-state index contributed by atoms with van der Waals surface area (Å²) in [5.74, 6) is 0. The predicted molar refractivity (Wildman–Crippen MR) is 53.2 cm³/mol. The maximum atomic E-state index is 6.84. The topological polar surface area (TPSA) is 9.29 Å². The molecule has 2 heteroatoms. The van der Waals surface area contributed by atoms with Crippen molar-refractivity contribution in [1.82, 2.24) is 4.57 Å². The maximum Gasteiger partial charge on any atom is 0.241 e. The van der Waals surface area contributed by atoms with Gasteiger partial charge in [-0.05, 0) is 6.07 Å². The Morgan fingerprint density at radius 3 is 2.92 bits per heavy atom. The predicted octanol–water partition coefficient (Wildman–Crippen LogP) is 2.60. The Balaban J connectivity index is 2.72. The lowest BCUT2D eigenvalue weighted by molar-refractivity contribution is 0.960. The monoisotopic (exact) mass is 170 g/mol. The molecule has 64 valence electrons. The van der Waals surface area contributed by atoms with Crippen molar-refractivity contribution in [3.8, 4) is 0 Å². The summed E-state index contributed by atoms with van der Waals surface area (Å²) in [5.41, 5.74) is 2.31. The first-order valence-electron chi connectivity index (χ1n) is 4.19. The Morgan fingerprint density at radius 2 is 2.15 bits per heavy atom. The van der Waals surface area contributed by atoms with E-state index in [1.165, 1.54) is 10.9 Å². The van der Waals surface area contributed by atoms with Gasteiger partial charge in [0.2, 0.25) is 6.54 Å². The second-order valence-corrected chi connectivity index (χ2v) is 3.10. The van der Waals surface area contributed by atoms with Crippen LogP contribution < -0.4 is 0 Å². The zero-order chi connectivity index (χ0) is 9.26. The third-order valence-corrected chi connectivity index (χ3v) is 2.23. The molecule has 0 radical (unpaired) electrons. The lowest BCUT2D eigenvalue weighted by atomic mass is 10.2. The second kappa shape index (κ2) is 2.95. The molecule has 0 aliphatic rings. The molecule has 0 fully saturated rings. The fourth-order valence-electron chi connectivity index (χ4n) is 1.64. The molecular weight excluding hydrogens is 160 g/mol. The zero-order valence-electron chi connectivity index (χ0n) is 7.49. The minimum atomic E-state index is 0.474. The summed E-state index contributed by atoms with van der Waals surface area (Å²) in [6, 6.07) is 8.17. The SMILES string of the molecule is [C-]#[N+]Cc1cn(C)c2ccccc12. The summed E-state index contributed by atoms with van der Waals surface area (Å²) in [6.07, 6.45) is 2.03. The molecule has 1 heterocycles. The molecule has 1 aromatic heterocycles. The first-order chi connectivity index (χ1) is 6.33. The third-order valence-electron chi connectivity index (χ3n) is 2.23. The highest BCUT2D eigenvalue weighted by molar-refractivity contribution is 5.83. The normalized spacial score (nSPS) is 10.2. The molecule has 0 spiro atoms. The van der Waals surface area contributed by atoms with Gasteiger partial charge in [0.05, 0.1) is 5.56 Å². The largest absolute Gasteiger partial charge is 0.350 e. The number of hydrogen-bond acceptors (Lipinski definition) is 0. The minimum absolute atomic E-state index is 0.474. The third kappa shape index (κ3) is 1.19. The molecule has 0 saturated heterocycles. The van der Waals surface area contributed by atoms with Gasteiger partial charge in [0.25, 0.3) is 0 Å². The van der Waals surface area contributed by atoms with E-state index in [9.17, 15) is 0 Å². The van der Waals surface area contributed by atoms with E-state index in [2.05, 4.69) is 21.5 Å². The van der Waals surface area contributed by atoms with Gasteiger partial charge < -0.3 is 9.41 Å². The van der Waals surface area contributed by atoms with Gasteiger partial charge in [-0.1, -0.05) is 18.2 Å². The Bertz CT molecular complexity index is 474. The van der Waals surface area contributed by atoms with Gasteiger partial charge in [0.1, 0.15) is 0 Å². The van der Waals surface area contributed by atoms with Crippen LogP contribution in [0.4, 0.5) is 0 Å². The van der Waals surface area contributed by atoms with Crippen molar-refractivity contribution in [2.45, 2.75) is 6.54 Å². The number of hydrogen-bond donors (Lipinski definition) is 0. The van der Waals surface area contributed by atoms with Crippen LogP contribution in [0.3, 0.4) is 0 Å². The minimum Gasteiger partial charge on any atom is -0.350 e. The number of fused-ring (bicyclic) bond motifs is 1. The molecule has 2 aromatic rings. The molecular formula is C11H10N2. The molecule has 0 amide bonds. The van der Waals surface area contributed by atoms with Gasteiger partial charge in [-0.25, -0.2) is 6.57 Å². The van der Waals surface area contributed by atoms with Gasteiger partial charge in [-0.15, -0.1) is 0 Å². The molecule has 0 aliphatic carbocycles. The number of benzene rings is 1. The summed E-state index contributed by atoms with van der Waals surface area (Å²) < 4.78 is 2.07.